The van der Waals surface area contributed by atoms with Crippen LogP contribution in [-0.2, 0) is 43.2 Å². The highest BCUT2D eigenvalue weighted by molar-refractivity contribution is 7.90. The van der Waals surface area contributed by atoms with Gasteiger partial charge in [-0.1, -0.05) is 91.3 Å². The summed E-state index contributed by atoms with van der Waals surface area (Å²) in [6.07, 6.45) is -0.584. The van der Waals surface area contributed by atoms with Gasteiger partial charge in [0.15, 0.2) is 0 Å². The summed E-state index contributed by atoms with van der Waals surface area (Å²) >= 11 is 0. The van der Waals surface area contributed by atoms with Crippen molar-refractivity contribution in [1.29, 1.82) is 0 Å². The molecule has 1 aliphatic rings. The van der Waals surface area contributed by atoms with Gasteiger partial charge in [-0.2, -0.15) is 0 Å². The Morgan fingerprint density at radius 3 is 2.14 bits per heavy atom. The van der Waals surface area contributed by atoms with Crippen LogP contribution in [0.1, 0.15) is 29.2 Å². The van der Waals surface area contributed by atoms with Crippen LogP contribution >= 0.6 is 0 Å². The summed E-state index contributed by atoms with van der Waals surface area (Å²) in [6, 6.07) is 29.6. The van der Waals surface area contributed by atoms with Crippen molar-refractivity contribution in [3.05, 3.63) is 137 Å². The normalized spacial score (nSPS) is 22.3. The molecule has 0 radical (unpaired) electrons. The zero-order valence-electron chi connectivity index (χ0n) is 24.5. The van der Waals surface area contributed by atoms with E-state index >= 15 is 4.39 Å². The van der Waals surface area contributed by atoms with E-state index in [0.29, 0.717) is 0 Å². The summed E-state index contributed by atoms with van der Waals surface area (Å²) < 4.78 is 63.5. The summed E-state index contributed by atoms with van der Waals surface area (Å²) in [5, 5.41) is 12.4. The second kappa shape index (κ2) is 12.3. The number of halogens is 1. The summed E-state index contributed by atoms with van der Waals surface area (Å²) in [7, 11) is -4.18. The molecule has 0 amide bonds. The van der Waals surface area contributed by atoms with Gasteiger partial charge in [0.2, 0.25) is 5.79 Å². The number of nitrogens with zero attached hydrogens (tertiary/aromatic N) is 1. The largest absolute Gasteiger partial charge is 0.370 e. The first-order valence-corrected chi connectivity index (χ1v) is 15.9. The third-order valence-electron chi connectivity index (χ3n) is 8.08. The van der Waals surface area contributed by atoms with Gasteiger partial charge in [-0.15, -0.1) is 0 Å². The number of hydrogen-bond acceptors (Lipinski definition) is 6. The molecule has 0 aliphatic carbocycles. The number of ether oxygens (including phenoxy) is 3. The number of aromatic nitrogens is 1. The highest BCUT2D eigenvalue weighted by Crippen LogP contribution is 2.44. The van der Waals surface area contributed by atoms with Crippen molar-refractivity contribution in [1.82, 2.24) is 3.97 Å². The van der Waals surface area contributed by atoms with Crippen molar-refractivity contribution < 1.29 is 32.1 Å². The van der Waals surface area contributed by atoms with Crippen LogP contribution in [0.2, 0.25) is 0 Å². The van der Waals surface area contributed by atoms with Crippen LogP contribution in [0.25, 0.3) is 10.9 Å². The Hall–Kier alpha value is -3.86. The fourth-order valence-electron chi connectivity index (χ4n) is 5.68. The molecule has 9 heteroatoms. The van der Waals surface area contributed by atoms with Crippen LogP contribution in [-0.4, -0.2) is 36.3 Å². The molecule has 4 aromatic carbocycles. The van der Waals surface area contributed by atoms with Gasteiger partial charge in [-0.25, -0.2) is 16.8 Å². The molecule has 7 nitrogen and oxygen atoms in total. The van der Waals surface area contributed by atoms with E-state index < -0.39 is 33.8 Å². The van der Waals surface area contributed by atoms with E-state index in [4.69, 9.17) is 14.2 Å². The summed E-state index contributed by atoms with van der Waals surface area (Å²) in [6.45, 7) is 4.21. The highest BCUT2D eigenvalue weighted by atomic mass is 32.2. The van der Waals surface area contributed by atoms with Crippen LogP contribution in [0.5, 0.6) is 0 Å². The number of benzene rings is 4. The third-order valence-corrected chi connectivity index (χ3v) is 9.77. The lowest BCUT2D eigenvalue weighted by atomic mass is 9.86. The van der Waals surface area contributed by atoms with E-state index in [1.165, 1.54) is 36.5 Å². The van der Waals surface area contributed by atoms with E-state index in [9.17, 15) is 13.5 Å². The molecular weight excluding hydrogens is 581 g/mol. The Balaban J connectivity index is 1.47. The van der Waals surface area contributed by atoms with Crippen molar-refractivity contribution in [3.8, 4) is 0 Å². The van der Waals surface area contributed by atoms with Crippen molar-refractivity contribution in [3.63, 3.8) is 0 Å². The number of rotatable bonds is 9. The minimum absolute atomic E-state index is 0.0296. The third kappa shape index (κ3) is 5.69. The lowest BCUT2D eigenvalue weighted by Crippen LogP contribution is -2.58. The standard InChI is InChI=1S/C35H34FNO6S/c1-24-16-18-28(19-17-24)44(39,40)37-20-29(32-30(36)14-9-15-31(32)37)35(38)34(42-23-27-12-7-4-8-13-27)33(25(2)21-43-35)41-22-26-10-5-3-6-11-26/h3-20,25,33-34,38H,21-23H2,1-2H3/t25-,33+,34-,35?/m1/s1. The molecule has 44 heavy (non-hydrogen) atoms. The van der Waals surface area contributed by atoms with E-state index in [1.54, 1.807) is 12.1 Å². The Bertz CT molecular complexity index is 1840. The summed E-state index contributed by atoms with van der Waals surface area (Å²) in [5.74, 6) is -3.17. The number of fused-ring (bicyclic) bond motifs is 1. The Kier molecular flexibility index (Phi) is 8.41. The maximum atomic E-state index is 15.7. The highest BCUT2D eigenvalue weighted by Gasteiger charge is 2.53. The lowest BCUT2D eigenvalue weighted by Gasteiger charge is -2.46. The second-order valence-electron chi connectivity index (χ2n) is 11.3. The first-order chi connectivity index (χ1) is 21.2. The molecular formula is C35H34FNO6S. The van der Waals surface area contributed by atoms with E-state index in [1.807, 2.05) is 74.5 Å². The van der Waals surface area contributed by atoms with Gasteiger partial charge >= 0.3 is 0 Å². The molecule has 228 valence electrons. The SMILES string of the molecule is Cc1ccc(S(=O)(=O)n2cc(C3(O)OC[C@@H](C)[C@H](OCc4ccccc4)[C@H]3OCc3ccccc3)c3c(F)cccc32)cc1. The predicted octanol–water partition coefficient (Wildman–Crippen LogP) is 6.31. The zero-order chi connectivity index (χ0) is 30.9. The van der Waals surface area contributed by atoms with Crippen molar-refractivity contribution in [2.75, 3.05) is 6.61 Å². The fourth-order valence-corrected chi connectivity index (χ4v) is 7.04. The maximum Gasteiger partial charge on any atom is 0.268 e. The molecule has 5 aromatic rings. The second-order valence-corrected chi connectivity index (χ2v) is 13.1. The van der Waals surface area contributed by atoms with Gasteiger partial charge in [0.25, 0.3) is 10.0 Å². The summed E-state index contributed by atoms with van der Waals surface area (Å²) in [4.78, 5) is 0.0296. The molecule has 1 N–H and O–H groups in total. The maximum absolute atomic E-state index is 15.7. The van der Waals surface area contributed by atoms with Gasteiger partial charge in [0.05, 0.1) is 36.3 Å². The molecule has 0 bridgehead atoms. The Labute approximate surface area is 256 Å². The van der Waals surface area contributed by atoms with Crippen molar-refractivity contribution in [2.24, 2.45) is 5.92 Å². The first kappa shape index (κ1) is 30.2. The molecule has 6 rings (SSSR count). The van der Waals surface area contributed by atoms with Crippen LogP contribution in [0, 0.1) is 18.7 Å². The average molecular weight is 616 g/mol. The number of aryl methyl sites for hydroxylation is 1. The van der Waals surface area contributed by atoms with Gasteiger partial charge < -0.3 is 19.3 Å². The molecule has 4 atom stereocenters. The molecule has 0 spiro atoms. The van der Waals surface area contributed by atoms with Crippen LogP contribution < -0.4 is 0 Å². The number of aliphatic hydroxyl groups is 1. The van der Waals surface area contributed by atoms with Gasteiger partial charge in [-0.3, -0.25) is 0 Å². The molecule has 1 aliphatic heterocycles. The van der Waals surface area contributed by atoms with Crippen LogP contribution in [0.3, 0.4) is 0 Å². The fraction of sp³-hybridized carbons (Fsp3) is 0.257. The quantitative estimate of drug-likeness (QED) is 0.209. The monoisotopic (exact) mass is 615 g/mol. The molecule has 0 saturated carbocycles. The topological polar surface area (TPSA) is 87.0 Å². The number of hydrogen-bond donors (Lipinski definition) is 1. The molecule has 2 heterocycles. The zero-order valence-corrected chi connectivity index (χ0v) is 25.3. The van der Waals surface area contributed by atoms with Crippen molar-refractivity contribution >= 4 is 20.9 Å². The molecule has 1 aromatic heterocycles. The van der Waals surface area contributed by atoms with Crippen LogP contribution in [0.15, 0.2) is 114 Å². The molecule has 1 saturated heterocycles. The van der Waals surface area contributed by atoms with Gasteiger partial charge in [0.1, 0.15) is 11.9 Å². The predicted molar refractivity (Wildman–Crippen MR) is 165 cm³/mol. The van der Waals surface area contributed by atoms with E-state index in [-0.39, 0.29) is 47.1 Å². The smallest absolute Gasteiger partial charge is 0.268 e. The first-order valence-electron chi connectivity index (χ1n) is 14.5. The van der Waals surface area contributed by atoms with Crippen molar-refractivity contribution in [2.45, 2.75) is 50.0 Å². The average Bonchev–Trinajstić information content (AvgIpc) is 3.45. The minimum atomic E-state index is -4.18. The molecule has 1 unspecified atom stereocenters. The minimum Gasteiger partial charge on any atom is -0.370 e. The summed E-state index contributed by atoms with van der Waals surface area (Å²) in [5.41, 5.74) is 2.69. The Morgan fingerprint density at radius 2 is 1.50 bits per heavy atom. The lowest BCUT2D eigenvalue weighted by molar-refractivity contribution is -0.339. The van der Waals surface area contributed by atoms with Gasteiger partial charge in [-0.05, 0) is 42.3 Å². The molecule has 1 fully saturated rings. The van der Waals surface area contributed by atoms with E-state index in [2.05, 4.69) is 0 Å². The van der Waals surface area contributed by atoms with Gasteiger partial charge in [0, 0.05) is 23.1 Å². The van der Waals surface area contributed by atoms with E-state index in [0.717, 1.165) is 20.7 Å². The van der Waals surface area contributed by atoms with Crippen LogP contribution in [0.4, 0.5) is 4.39 Å². The Morgan fingerprint density at radius 1 is 0.886 bits per heavy atom.